The number of ether oxygens (including phenoxy) is 12. The summed E-state index contributed by atoms with van der Waals surface area (Å²) in [5, 5.41) is 11.7. The van der Waals surface area contributed by atoms with Crippen molar-refractivity contribution < 1.29 is 76.3 Å². The van der Waals surface area contributed by atoms with Gasteiger partial charge < -0.3 is 67.3 Å². The van der Waals surface area contributed by atoms with Gasteiger partial charge in [-0.05, 0) is 13.0 Å². The van der Waals surface area contributed by atoms with E-state index in [0.29, 0.717) is 178 Å². The van der Waals surface area contributed by atoms with Crippen molar-refractivity contribution in [2.75, 3.05) is 178 Å². The highest BCUT2D eigenvalue weighted by Crippen LogP contribution is 2.03. The van der Waals surface area contributed by atoms with E-state index in [4.69, 9.17) is 61.9 Å². The molecule has 0 atom stereocenters. The summed E-state index contributed by atoms with van der Waals surface area (Å²) in [5.41, 5.74) is 0. The Morgan fingerprint density at radius 3 is 1.00 bits per heavy atom. The van der Waals surface area contributed by atoms with Crippen molar-refractivity contribution in [3.05, 3.63) is 12.2 Å². The van der Waals surface area contributed by atoms with Gasteiger partial charge in [0.25, 0.3) is 11.8 Å². The molecule has 0 saturated heterocycles. The quantitative estimate of drug-likeness (QED) is 0.0600. The monoisotopic (exact) mass is 754 g/mol. The van der Waals surface area contributed by atoms with Crippen LogP contribution in [0.25, 0.3) is 0 Å². The highest BCUT2D eigenvalue weighted by atomic mass is 16.6. The van der Waals surface area contributed by atoms with Gasteiger partial charge in [0.15, 0.2) is 0 Å². The molecular formula is C34H62N2O16. The van der Waals surface area contributed by atoms with E-state index in [1.807, 2.05) is 0 Å². The normalized spacial score (nSPS) is 12.9. The Bertz CT molecular complexity index is 851. The van der Waals surface area contributed by atoms with Crippen LogP contribution in [0.2, 0.25) is 0 Å². The minimum absolute atomic E-state index is 0.00758. The number of hydrogen-bond donors (Lipinski definition) is 2. The molecule has 0 aromatic carbocycles. The van der Waals surface area contributed by atoms with E-state index < -0.39 is 5.97 Å². The fraction of sp³-hybridized carbons (Fsp3) is 0.853. The van der Waals surface area contributed by atoms with E-state index in [1.54, 1.807) is 0 Å². The van der Waals surface area contributed by atoms with Gasteiger partial charge in [0.05, 0.1) is 165 Å². The maximum Gasteiger partial charge on any atom is 0.305 e. The highest BCUT2D eigenvalue weighted by molar-refractivity contribution is 6.12. The van der Waals surface area contributed by atoms with Gasteiger partial charge in [-0.2, -0.15) is 0 Å². The zero-order chi connectivity index (χ0) is 37.4. The molecule has 0 bridgehead atoms. The zero-order valence-electron chi connectivity index (χ0n) is 30.7. The van der Waals surface area contributed by atoms with Gasteiger partial charge in [0, 0.05) is 25.2 Å². The summed E-state index contributed by atoms with van der Waals surface area (Å²) in [6, 6.07) is 0. The molecule has 1 aliphatic rings. The molecule has 0 fully saturated rings. The fourth-order valence-electron chi connectivity index (χ4n) is 3.96. The first-order chi connectivity index (χ1) is 25.6. The van der Waals surface area contributed by atoms with Gasteiger partial charge >= 0.3 is 5.97 Å². The minimum atomic E-state index is -0.879. The molecule has 1 aliphatic heterocycles. The third kappa shape index (κ3) is 33.7. The summed E-state index contributed by atoms with van der Waals surface area (Å²) in [6.45, 7) is 12.9. The second-order valence-electron chi connectivity index (χ2n) is 10.8. The lowest BCUT2D eigenvalue weighted by atomic mass is 10.4. The Morgan fingerprint density at radius 2 is 0.712 bits per heavy atom. The maximum atomic E-state index is 11.5. The summed E-state index contributed by atoms with van der Waals surface area (Å²) in [7, 11) is 0. The summed E-state index contributed by atoms with van der Waals surface area (Å²) < 4.78 is 65.0. The molecule has 0 unspecified atom stereocenters. The van der Waals surface area contributed by atoms with Crippen LogP contribution in [0.3, 0.4) is 0 Å². The molecule has 18 nitrogen and oxygen atoms in total. The number of hydrogen-bond acceptors (Lipinski definition) is 16. The van der Waals surface area contributed by atoms with Crippen molar-refractivity contribution in [3.8, 4) is 0 Å². The van der Waals surface area contributed by atoms with Gasteiger partial charge in [-0.15, -0.1) is 0 Å². The number of imide groups is 1. The smallest absolute Gasteiger partial charge is 0.305 e. The molecule has 0 spiro atoms. The summed E-state index contributed by atoms with van der Waals surface area (Å²) in [6.07, 6.45) is 3.29. The number of nitrogens with one attached hydrogen (secondary N) is 1. The van der Waals surface area contributed by atoms with Gasteiger partial charge in [0.2, 0.25) is 0 Å². The van der Waals surface area contributed by atoms with E-state index in [-0.39, 0.29) is 24.8 Å². The van der Waals surface area contributed by atoms with E-state index in [0.717, 1.165) is 0 Å². The zero-order valence-corrected chi connectivity index (χ0v) is 30.7. The van der Waals surface area contributed by atoms with Crippen molar-refractivity contribution in [1.82, 2.24) is 10.2 Å². The fourth-order valence-corrected chi connectivity index (χ4v) is 3.96. The Labute approximate surface area is 307 Å². The number of carboxylic acid groups (broad SMARTS) is 1. The van der Waals surface area contributed by atoms with Gasteiger partial charge in [-0.25, -0.2) is 0 Å². The number of carbonyl (C=O) groups excluding carboxylic acids is 2. The largest absolute Gasteiger partial charge is 0.481 e. The lowest BCUT2D eigenvalue weighted by molar-refractivity contribution is -0.139. The molecule has 18 heteroatoms. The molecule has 0 aromatic heterocycles. The number of carboxylic acids is 1. The van der Waals surface area contributed by atoms with Crippen molar-refractivity contribution in [2.24, 2.45) is 0 Å². The van der Waals surface area contributed by atoms with E-state index in [2.05, 4.69) is 5.32 Å². The molecule has 2 N–H and O–H groups in total. The molecule has 0 saturated carbocycles. The van der Waals surface area contributed by atoms with Crippen LogP contribution in [0, 0.1) is 0 Å². The van der Waals surface area contributed by atoms with Crippen LogP contribution in [0.1, 0.15) is 12.8 Å². The van der Waals surface area contributed by atoms with Crippen molar-refractivity contribution in [1.29, 1.82) is 0 Å². The van der Waals surface area contributed by atoms with Crippen LogP contribution in [0.15, 0.2) is 12.2 Å². The Hall–Kier alpha value is -2.17. The van der Waals surface area contributed by atoms with Crippen molar-refractivity contribution >= 4 is 17.8 Å². The molecule has 0 aliphatic carbocycles. The van der Waals surface area contributed by atoms with Gasteiger partial charge in [0.1, 0.15) is 0 Å². The Balaban J connectivity index is 1.61. The number of nitrogens with zero attached hydrogens (tertiary/aromatic N) is 1. The van der Waals surface area contributed by atoms with Crippen LogP contribution < -0.4 is 5.32 Å². The Morgan fingerprint density at radius 1 is 0.442 bits per heavy atom. The van der Waals surface area contributed by atoms with Crippen LogP contribution in [-0.2, 0) is 71.2 Å². The molecule has 52 heavy (non-hydrogen) atoms. The molecule has 0 radical (unpaired) electrons. The highest BCUT2D eigenvalue weighted by Gasteiger charge is 2.22. The average molecular weight is 755 g/mol. The van der Waals surface area contributed by atoms with Crippen LogP contribution in [-0.4, -0.2) is 206 Å². The lowest BCUT2D eigenvalue weighted by Crippen LogP contribution is -2.33. The molecule has 1 heterocycles. The molecule has 304 valence electrons. The van der Waals surface area contributed by atoms with Crippen LogP contribution in [0.5, 0.6) is 0 Å². The molecule has 0 aromatic rings. The first-order valence-electron chi connectivity index (χ1n) is 18.0. The molecular weight excluding hydrogens is 692 g/mol. The summed E-state index contributed by atoms with van der Waals surface area (Å²) in [5.74, 6) is -1.37. The number of aliphatic carboxylic acids is 1. The van der Waals surface area contributed by atoms with E-state index in [1.165, 1.54) is 17.1 Å². The first-order valence-corrected chi connectivity index (χ1v) is 18.0. The topological polar surface area (TPSA) is 197 Å². The second kappa shape index (κ2) is 38.6. The minimum Gasteiger partial charge on any atom is -0.481 e. The first kappa shape index (κ1) is 47.9. The maximum absolute atomic E-state index is 11.5. The number of rotatable bonds is 43. The molecule has 2 amide bonds. The lowest BCUT2D eigenvalue weighted by Gasteiger charge is -2.13. The third-order valence-electron chi connectivity index (χ3n) is 6.61. The van der Waals surface area contributed by atoms with Crippen molar-refractivity contribution in [3.63, 3.8) is 0 Å². The predicted molar refractivity (Wildman–Crippen MR) is 185 cm³/mol. The van der Waals surface area contributed by atoms with Crippen LogP contribution >= 0.6 is 0 Å². The standard InChI is InChI=1S/C34H62N2O16/c37-32-2-3-33(38)36(32)7-1-5-35-6-9-42-11-13-44-15-17-46-19-21-48-23-25-50-27-29-52-31-30-51-28-26-49-24-22-47-20-18-45-16-14-43-12-10-41-8-4-34(39)40/h2-3,35H,1,4-31H2,(H,39,40). The Kier molecular flexibility index (Phi) is 35.5. The summed E-state index contributed by atoms with van der Waals surface area (Å²) >= 11 is 0. The number of carbonyl (C=O) groups is 3. The van der Waals surface area contributed by atoms with E-state index >= 15 is 0 Å². The van der Waals surface area contributed by atoms with E-state index in [9.17, 15) is 14.4 Å². The SMILES string of the molecule is O=C(O)CCOCCOCCOCCOCCOCCOCCOCCOCCOCCOCCOCCOCCNCCCN1C(=O)C=CC1=O. The average Bonchev–Trinajstić information content (AvgIpc) is 3.46. The summed E-state index contributed by atoms with van der Waals surface area (Å²) in [4.78, 5) is 34.5. The number of amides is 2. The van der Waals surface area contributed by atoms with Crippen molar-refractivity contribution in [2.45, 2.75) is 12.8 Å². The predicted octanol–water partition coefficient (Wildman–Crippen LogP) is -0.435. The van der Waals surface area contributed by atoms with Crippen LogP contribution in [0.4, 0.5) is 0 Å². The van der Waals surface area contributed by atoms with Gasteiger partial charge in [-0.3, -0.25) is 19.3 Å². The molecule has 1 rings (SSSR count). The van der Waals surface area contributed by atoms with Gasteiger partial charge in [-0.1, -0.05) is 0 Å². The third-order valence-corrected chi connectivity index (χ3v) is 6.61. The second-order valence-corrected chi connectivity index (χ2v) is 10.8.